The van der Waals surface area contributed by atoms with Crippen LogP contribution in [0.4, 0.5) is 0 Å². The SMILES string of the molecule is C=C1CC23CCC4C(C)(C(=O)O)CCCC4(C)C2CCC1(OC1OC(CO)C(O)C(O)C1OC1OC(CO)C(O)C(O)C1O)C3. The van der Waals surface area contributed by atoms with Crippen LogP contribution < -0.4 is 0 Å². The Balaban J connectivity index is 1.26. The number of ether oxygens (including phenoxy) is 4. The van der Waals surface area contributed by atoms with E-state index in [1.165, 1.54) is 0 Å². The van der Waals surface area contributed by atoms with Gasteiger partial charge in [-0.2, -0.15) is 0 Å². The van der Waals surface area contributed by atoms with Gasteiger partial charge in [-0.15, -0.1) is 0 Å². The Morgan fingerprint density at radius 1 is 0.844 bits per heavy atom. The second-order valence-corrected chi connectivity index (χ2v) is 15.2. The van der Waals surface area contributed by atoms with E-state index in [9.17, 15) is 45.6 Å². The Kier molecular flexibility index (Phi) is 8.77. The largest absolute Gasteiger partial charge is 0.481 e. The Hall–Kier alpha value is -1.23. The van der Waals surface area contributed by atoms with E-state index in [2.05, 4.69) is 13.5 Å². The molecule has 0 amide bonds. The lowest BCUT2D eigenvalue weighted by atomic mass is 9.41. The van der Waals surface area contributed by atoms with Gasteiger partial charge in [0.1, 0.15) is 48.8 Å². The Bertz CT molecular complexity index is 1150. The maximum absolute atomic E-state index is 12.5. The summed E-state index contributed by atoms with van der Waals surface area (Å²) in [5.74, 6) is -0.392. The molecule has 13 heteroatoms. The van der Waals surface area contributed by atoms with E-state index in [0.717, 1.165) is 37.7 Å². The minimum Gasteiger partial charge on any atom is -0.481 e. The van der Waals surface area contributed by atoms with Gasteiger partial charge in [-0.25, -0.2) is 0 Å². The molecule has 6 rings (SSSR count). The van der Waals surface area contributed by atoms with Crippen molar-refractivity contribution in [2.45, 2.75) is 139 Å². The minimum atomic E-state index is -1.76. The van der Waals surface area contributed by atoms with Crippen LogP contribution in [0.15, 0.2) is 12.2 Å². The molecule has 0 radical (unpaired) electrons. The number of aliphatic hydroxyl groups is 7. The predicted molar refractivity (Wildman–Crippen MR) is 154 cm³/mol. The minimum absolute atomic E-state index is 0.0640. The average Bonchev–Trinajstić information content (AvgIpc) is 3.19. The Morgan fingerprint density at radius 3 is 2.11 bits per heavy atom. The Labute approximate surface area is 262 Å². The number of carbonyl (C=O) groups is 1. The van der Waals surface area contributed by atoms with Crippen LogP contribution in [0.25, 0.3) is 0 Å². The molecule has 45 heavy (non-hydrogen) atoms. The van der Waals surface area contributed by atoms with Gasteiger partial charge >= 0.3 is 5.97 Å². The highest BCUT2D eigenvalue weighted by atomic mass is 16.8. The molecule has 0 aromatic carbocycles. The zero-order valence-corrected chi connectivity index (χ0v) is 26.0. The fraction of sp³-hybridized carbons (Fsp3) is 0.906. The van der Waals surface area contributed by atoms with Gasteiger partial charge in [0.15, 0.2) is 12.6 Å². The number of hydrogen-bond acceptors (Lipinski definition) is 12. The van der Waals surface area contributed by atoms with Gasteiger partial charge in [-0.1, -0.05) is 19.9 Å². The molecule has 6 aliphatic rings. The number of carboxylic acid groups (broad SMARTS) is 1. The maximum Gasteiger partial charge on any atom is 0.309 e. The quantitative estimate of drug-likeness (QED) is 0.134. The molecular formula is C32H50O13. The summed E-state index contributed by atoms with van der Waals surface area (Å²) in [5.41, 5.74) is -1.10. The Morgan fingerprint density at radius 2 is 1.47 bits per heavy atom. The number of fused-ring (bicyclic) bond motifs is 3. The molecule has 8 N–H and O–H groups in total. The van der Waals surface area contributed by atoms with Gasteiger partial charge in [-0.05, 0) is 86.5 Å². The van der Waals surface area contributed by atoms with E-state index in [-0.39, 0.29) is 22.7 Å². The van der Waals surface area contributed by atoms with Crippen LogP contribution in [0.1, 0.15) is 71.6 Å². The van der Waals surface area contributed by atoms with Crippen molar-refractivity contribution in [3.05, 3.63) is 12.2 Å². The predicted octanol–water partition coefficient (Wildman–Crippen LogP) is -0.197. The molecule has 1 spiro atoms. The molecule has 4 aliphatic carbocycles. The summed E-state index contributed by atoms with van der Waals surface area (Å²) in [6.07, 6.45) is -8.44. The third-order valence-electron chi connectivity index (χ3n) is 12.9. The lowest BCUT2D eigenvalue weighted by molar-refractivity contribution is -0.378. The van der Waals surface area contributed by atoms with Crippen LogP contribution in [0.2, 0.25) is 0 Å². The van der Waals surface area contributed by atoms with Crippen molar-refractivity contribution in [3.63, 3.8) is 0 Å². The molecule has 2 saturated heterocycles. The van der Waals surface area contributed by atoms with Gasteiger partial charge in [0.25, 0.3) is 0 Å². The highest BCUT2D eigenvalue weighted by Crippen LogP contribution is 2.73. The molecule has 2 heterocycles. The number of aliphatic carboxylic acids is 1. The van der Waals surface area contributed by atoms with E-state index in [1.807, 2.05) is 6.92 Å². The van der Waals surface area contributed by atoms with Crippen molar-refractivity contribution in [2.24, 2.45) is 28.1 Å². The van der Waals surface area contributed by atoms with Crippen molar-refractivity contribution in [2.75, 3.05) is 13.2 Å². The van der Waals surface area contributed by atoms with E-state index < -0.39 is 91.6 Å². The van der Waals surface area contributed by atoms with Crippen molar-refractivity contribution in [3.8, 4) is 0 Å². The van der Waals surface area contributed by atoms with E-state index in [1.54, 1.807) is 0 Å². The number of carboxylic acids is 1. The molecule has 16 atom stereocenters. The molecule has 0 aromatic rings. The van der Waals surface area contributed by atoms with E-state index in [0.29, 0.717) is 25.7 Å². The summed E-state index contributed by atoms with van der Waals surface area (Å²) in [5, 5.41) is 82.8. The highest BCUT2D eigenvalue weighted by Gasteiger charge is 2.69. The van der Waals surface area contributed by atoms with Crippen molar-refractivity contribution in [1.29, 1.82) is 0 Å². The van der Waals surface area contributed by atoms with Gasteiger partial charge in [0.05, 0.1) is 24.2 Å². The first-order valence-corrected chi connectivity index (χ1v) is 16.3. The number of hydrogen-bond donors (Lipinski definition) is 8. The van der Waals surface area contributed by atoms with Crippen LogP contribution in [-0.2, 0) is 23.7 Å². The summed E-state index contributed by atoms with van der Waals surface area (Å²) in [6.45, 7) is 7.33. The summed E-state index contributed by atoms with van der Waals surface area (Å²) in [7, 11) is 0. The zero-order valence-electron chi connectivity index (χ0n) is 26.0. The second-order valence-electron chi connectivity index (χ2n) is 15.2. The highest BCUT2D eigenvalue weighted by molar-refractivity contribution is 5.75. The van der Waals surface area contributed by atoms with Crippen LogP contribution in [0.5, 0.6) is 0 Å². The van der Waals surface area contributed by atoms with Crippen LogP contribution in [-0.4, -0.2) is 127 Å². The molecule has 13 nitrogen and oxygen atoms in total. The lowest BCUT2D eigenvalue weighted by Gasteiger charge is -2.64. The molecule has 256 valence electrons. The third kappa shape index (κ3) is 5.04. The average molecular weight is 643 g/mol. The molecule has 16 unspecified atom stereocenters. The fourth-order valence-corrected chi connectivity index (χ4v) is 10.6. The number of rotatable bonds is 7. The first kappa shape index (κ1) is 33.7. The topological polar surface area (TPSA) is 216 Å². The van der Waals surface area contributed by atoms with Crippen molar-refractivity contribution >= 4 is 5.97 Å². The molecule has 2 aliphatic heterocycles. The first-order chi connectivity index (χ1) is 21.2. The zero-order chi connectivity index (χ0) is 32.7. The molecule has 0 aromatic heterocycles. The lowest BCUT2D eigenvalue weighted by Crippen LogP contribution is -2.65. The number of aliphatic hydroxyl groups excluding tert-OH is 7. The van der Waals surface area contributed by atoms with Crippen LogP contribution in [0.3, 0.4) is 0 Å². The van der Waals surface area contributed by atoms with Crippen LogP contribution in [0, 0.1) is 28.1 Å². The summed E-state index contributed by atoms with van der Waals surface area (Å²) < 4.78 is 24.1. The second kappa shape index (κ2) is 11.7. The van der Waals surface area contributed by atoms with Gasteiger partial charge in [0, 0.05) is 0 Å². The third-order valence-corrected chi connectivity index (χ3v) is 12.9. The van der Waals surface area contributed by atoms with Crippen LogP contribution >= 0.6 is 0 Å². The summed E-state index contributed by atoms with van der Waals surface area (Å²) in [4.78, 5) is 12.5. The smallest absolute Gasteiger partial charge is 0.309 e. The normalized spacial score (nSPS) is 54.7. The fourth-order valence-electron chi connectivity index (χ4n) is 10.6. The van der Waals surface area contributed by atoms with Gasteiger partial charge in [0.2, 0.25) is 0 Å². The molecule has 4 saturated carbocycles. The van der Waals surface area contributed by atoms with Crippen molar-refractivity contribution in [1.82, 2.24) is 0 Å². The standard InChI is InChI=1S/C32H50O13/c1-15-11-31-9-5-18-29(2,7-4-8-30(18,3)28(40)41)19(31)6-10-32(15,14-31)45-27-25(23(38)21(36)17(13-34)43-27)44-26-24(39)22(37)20(35)16(12-33)42-26/h16-27,33-39H,1,4-14H2,2-3H3,(H,40,41). The maximum atomic E-state index is 12.5. The van der Waals surface area contributed by atoms with Gasteiger partial charge < -0.3 is 59.8 Å². The summed E-state index contributed by atoms with van der Waals surface area (Å²) >= 11 is 0. The monoisotopic (exact) mass is 642 g/mol. The molecular weight excluding hydrogens is 592 g/mol. The van der Waals surface area contributed by atoms with E-state index >= 15 is 0 Å². The molecule has 6 fully saturated rings. The first-order valence-electron chi connectivity index (χ1n) is 16.3. The summed E-state index contributed by atoms with van der Waals surface area (Å²) in [6, 6.07) is 0. The molecule has 2 bridgehead atoms. The van der Waals surface area contributed by atoms with Gasteiger partial charge in [-0.3, -0.25) is 4.79 Å². The van der Waals surface area contributed by atoms with E-state index in [4.69, 9.17) is 18.9 Å². The van der Waals surface area contributed by atoms with Crippen molar-refractivity contribution < 1.29 is 64.6 Å².